The number of amides is 1. The summed E-state index contributed by atoms with van der Waals surface area (Å²) in [6.07, 6.45) is 3.46. The van der Waals surface area contributed by atoms with E-state index in [4.69, 9.17) is 16.0 Å². The van der Waals surface area contributed by atoms with E-state index in [1.165, 1.54) is 6.26 Å². The molecule has 1 N–H and O–H groups in total. The van der Waals surface area contributed by atoms with Crippen LogP contribution in [-0.4, -0.2) is 17.8 Å². The standard InChI is InChI=1S/C11H15BrClNO2/c1-8(7-12)3-2-5-14-11(15)9-4-6-16-10(9)13/h4,6,8H,2-3,5,7H2,1H3,(H,14,15). The molecule has 1 atom stereocenters. The minimum Gasteiger partial charge on any atom is -0.452 e. The summed E-state index contributed by atoms with van der Waals surface area (Å²) in [6.45, 7) is 2.83. The smallest absolute Gasteiger partial charge is 0.256 e. The molecule has 0 aromatic carbocycles. The molecular formula is C11H15BrClNO2. The summed E-state index contributed by atoms with van der Waals surface area (Å²) < 4.78 is 4.85. The maximum absolute atomic E-state index is 11.6. The van der Waals surface area contributed by atoms with Crippen LogP contribution in [0, 0.1) is 5.92 Å². The van der Waals surface area contributed by atoms with Crippen LogP contribution in [0.5, 0.6) is 0 Å². The van der Waals surface area contributed by atoms with Gasteiger partial charge in [-0.2, -0.15) is 0 Å². The van der Waals surface area contributed by atoms with E-state index in [1.807, 2.05) is 0 Å². The lowest BCUT2D eigenvalue weighted by molar-refractivity contribution is 0.0952. The van der Waals surface area contributed by atoms with Gasteiger partial charge in [-0.05, 0) is 36.4 Å². The van der Waals surface area contributed by atoms with Crippen molar-refractivity contribution in [1.29, 1.82) is 0 Å². The van der Waals surface area contributed by atoms with Gasteiger partial charge in [0.05, 0.1) is 11.8 Å². The van der Waals surface area contributed by atoms with Crippen LogP contribution in [0.2, 0.25) is 5.22 Å². The number of hydrogen-bond acceptors (Lipinski definition) is 2. The van der Waals surface area contributed by atoms with Crippen LogP contribution in [0.3, 0.4) is 0 Å². The Morgan fingerprint density at radius 3 is 3.00 bits per heavy atom. The average Bonchev–Trinajstić information content (AvgIpc) is 2.70. The molecule has 5 heteroatoms. The Hall–Kier alpha value is -0.480. The zero-order valence-corrected chi connectivity index (χ0v) is 11.5. The average molecular weight is 309 g/mol. The topological polar surface area (TPSA) is 42.2 Å². The number of rotatable bonds is 6. The molecule has 3 nitrogen and oxygen atoms in total. The Morgan fingerprint density at radius 2 is 2.44 bits per heavy atom. The first-order chi connectivity index (χ1) is 7.65. The fourth-order valence-electron chi connectivity index (χ4n) is 1.28. The van der Waals surface area contributed by atoms with Crippen LogP contribution in [0.15, 0.2) is 16.7 Å². The molecular weight excluding hydrogens is 293 g/mol. The summed E-state index contributed by atoms with van der Waals surface area (Å²) in [6, 6.07) is 1.57. The fourth-order valence-corrected chi connectivity index (χ4v) is 1.80. The van der Waals surface area contributed by atoms with Gasteiger partial charge in [-0.25, -0.2) is 0 Å². The number of carbonyl (C=O) groups is 1. The summed E-state index contributed by atoms with van der Waals surface area (Å²) in [5.74, 6) is 0.458. The number of nitrogens with one attached hydrogen (secondary N) is 1. The monoisotopic (exact) mass is 307 g/mol. The molecule has 0 spiro atoms. The summed E-state index contributed by atoms with van der Waals surface area (Å²) in [5, 5.41) is 3.95. The Labute approximate surface area is 109 Å². The van der Waals surface area contributed by atoms with E-state index >= 15 is 0 Å². The van der Waals surface area contributed by atoms with Crippen molar-refractivity contribution < 1.29 is 9.21 Å². The largest absolute Gasteiger partial charge is 0.452 e. The van der Waals surface area contributed by atoms with Gasteiger partial charge in [-0.1, -0.05) is 22.9 Å². The van der Waals surface area contributed by atoms with Gasteiger partial charge in [-0.15, -0.1) is 0 Å². The van der Waals surface area contributed by atoms with Crippen LogP contribution in [0.4, 0.5) is 0 Å². The van der Waals surface area contributed by atoms with Crippen molar-refractivity contribution in [2.45, 2.75) is 19.8 Å². The zero-order valence-electron chi connectivity index (χ0n) is 9.13. The van der Waals surface area contributed by atoms with Gasteiger partial charge >= 0.3 is 0 Å². The van der Waals surface area contributed by atoms with Crippen molar-refractivity contribution in [3.63, 3.8) is 0 Å². The van der Waals surface area contributed by atoms with Crippen LogP contribution in [-0.2, 0) is 0 Å². The first-order valence-corrected chi connectivity index (χ1v) is 6.72. The molecule has 1 aromatic heterocycles. The highest BCUT2D eigenvalue weighted by Crippen LogP contribution is 2.16. The van der Waals surface area contributed by atoms with Gasteiger partial charge in [0, 0.05) is 11.9 Å². The highest BCUT2D eigenvalue weighted by Gasteiger charge is 2.11. The third kappa shape index (κ3) is 4.18. The summed E-state index contributed by atoms with van der Waals surface area (Å²) >= 11 is 9.11. The zero-order chi connectivity index (χ0) is 12.0. The lowest BCUT2D eigenvalue weighted by Gasteiger charge is -2.07. The van der Waals surface area contributed by atoms with E-state index in [0.717, 1.165) is 18.2 Å². The molecule has 0 aliphatic carbocycles. The van der Waals surface area contributed by atoms with Gasteiger partial charge in [0.1, 0.15) is 0 Å². The van der Waals surface area contributed by atoms with Gasteiger partial charge in [0.25, 0.3) is 5.91 Å². The van der Waals surface area contributed by atoms with Crippen LogP contribution >= 0.6 is 27.5 Å². The molecule has 0 aliphatic rings. The van der Waals surface area contributed by atoms with Crippen molar-refractivity contribution in [2.24, 2.45) is 5.92 Å². The van der Waals surface area contributed by atoms with E-state index in [9.17, 15) is 4.79 Å². The summed E-state index contributed by atoms with van der Waals surface area (Å²) in [5.41, 5.74) is 0.398. The Kier molecular flexibility index (Phi) is 5.91. The quantitative estimate of drug-likeness (QED) is 0.646. The van der Waals surface area contributed by atoms with Crippen LogP contribution in [0.25, 0.3) is 0 Å². The van der Waals surface area contributed by atoms with E-state index in [1.54, 1.807) is 6.07 Å². The summed E-state index contributed by atoms with van der Waals surface area (Å²) in [7, 11) is 0. The van der Waals surface area contributed by atoms with Crippen molar-refractivity contribution in [2.75, 3.05) is 11.9 Å². The van der Waals surface area contributed by atoms with E-state index in [0.29, 0.717) is 18.0 Å². The Bertz CT molecular complexity index is 340. The molecule has 0 saturated heterocycles. The summed E-state index contributed by atoms with van der Waals surface area (Å²) in [4.78, 5) is 11.6. The molecule has 1 heterocycles. The van der Waals surface area contributed by atoms with Crippen molar-refractivity contribution in [3.05, 3.63) is 23.1 Å². The molecule has 1 rings (SSSR count). The second kappa shape index (κ2) is 6.97. The number of carbonyl (C=O) groups excluding carboxylic acids is 1. The number of halogens is 2. The second-order valence-electron chi connectivity index (χ2n) is 3.77. The molecule has 0 aliphatic heterocycles. The normalized spacial score (nSPS) is 12.4. The van der Waals surface area contributed by atoms with Crippen molar-refractivity contribution in [1.82, 2.24) is 5.32 Å². The molecule has 1 aromatic rings. The van der Waals surface area contributed by atoms with E-state index in [-0.39, 0.29) is 11.1 Å². The van der Waals surface area contributed by atoms with Gasteiger partial charge in [0.2, 0.25) is 5.22 Å². The molecule has 0 saturated carbocycles. The molecule has 1 amide bonds. The second-order valence-corrected chi connectivity index (χ2v) is 4.76. The first kappa shape index (κ1) is 13.6. The van der Waals surface area contributed by atoms with Crippen molar-refractivity contribution >= 4 is 33.4 Å². The van der Waals surface area contributed by atoms with Gasteiger partial charge < -0.3 is 9.73 Å². The van der Waals surface area contributed by atoms with Gasteiger partial charge in [-0.3, -0.25) is 4.79 Å². The third-order valence-electron chi connectivity index (χ3n) is 2.29. The Morgan fingerprint density at radius 1 is 1.69 bits per heavy atom. The highest BCUT2D eigenvalue weighted by molar-refractivity contribution is 9.09. The predicted octanol–water partition coefficient (Wildman–Crippen LogP) is 3.47. The van der Waals surface area contributed by atoms with E-state index in [2.05, 4.69) is 28.2 Å². The first-order valence-electron chi connectivity index (χ1n) is 5.22. The molecule has 90 valence electrons. The molecule has 1 unspecified atom stereocenters. The third-order valence-corrected chi connectivity index (χ3v) is 3.68. The molecule has 0 radical (unpaired) electrons. The van der Waals surface area contributed by atoms with Gasteiger partial charge in [0.15, 0.2) is 0 Å². The highest BCUT2D eigenvalue weighted by atomic mass is 79.9. The number of alkyl halides is 1. The Balaban J connectivity index is 2.24. The predicted molar refractivity (Wildman–Crippen MR) is 68.2 cm³/mol. The molecule has 0 fully saturated rings. The number of hydrogen-bond donors (Lipinski definition) is 1. The van der Waals surface area contributed by atoms with Crippen molar-refractivity contribution in [3.8, 4) is 0 Å². The minimum atomic E-state index is -0.176. The SMILES string of the molecule is CC(CBr)CCCNC(=O)c1ccoc1Cl. The van der Waals surface area contributed by atoms with Crippen LogP contribution < -0.4 is 5.32 Å². The maximum atomic E-state index is 11.6. The minimum absolute atomic E-state index is 0.145. The lowest BCUT2D eigenvalue weighted by Crippen LogP contribution is -2.24. The molecule has 0 bridgehead atoms. The fraction of sp³-hybridized carbons (Fsp3) is 0.545. The lowest BCUT2D eigenvalue weighted by atomic mass is 10.1. The van der Waals surface area contributed by atoms with E-state index < -0.39 is 0 Å². The maximum Gasteiger partial charge on any atom is 0.256 e. The number of furan rings is 1. The molecule has 16 heavy (non-hydrogen) atoms. The van der Waals surface area contributed by atoms with Crippen LogP contribution in [0.1, 0.15) is 30.1 Å².